The van der Waals surface area contributed by atoms with Gasteiger partial charge in [-0.05, 0) is 32.9 Å². The lowest BCUT2D eigenvalue weighted by Gasteiger charge is -2.39. The fraction of sp³-hybridized carbons (Fsp3) is 0.421. The number of ether oxygens (including phenoxy) is 2. The smallest absolute Gasteiger partial charge is 0.450 e. The van der Waals surface area contributed by atoms with Gasteiger partial charge in [-0.2, -0.15) is 4.31 Å². The normalized spacial score (nSPS) is 18.2. The van der Waals surface area contributed by atoms with Crippen LogP contribution in [-0.2, 0) is 19.5 Å². The summed E-state index contributed by atoms with van der Waals surface area (Å²) in [6.45, 7) is 4.66. The molecular formula is C19H23N3O7S. The van der Waals surface area contributed by atoms with Gasteiger partial charge in [0.15, 0.2) is 6.23 Å². The number of amides is 1. The third kappa shape index (κ3) is 4.62. The molecule has 1 atom stereocenters. The number of hydrogen-bond acceptors (Lipinski definition) is 7. The van der Waals surface area contributed by atoms with Crippen LogP contribution in [0.4, 0.5) is 9.59 Å². The maximum Gasteiger partial charge on any atom is 0.507 e. The second-order valence-electron chi connectivity index (χ2n) is 7.71. The molecule has 0 unspecified atom stereocenters. The lowest BCUT2D eigenvalue weighted by atomic mass is 10.2. The quantitative estimate of drug-likeness (QED) is 0.726. The van der Waals surface area contributed by atoms with Crippen molar-refractivity contribution >= 4 is 33.2 Å². The minimum atomic E-state index is -4.16. The Labute approximate surface area is 174 Å². The Morgan fingerprint density at radius 3 is 2.53 bits per heavy atom. The molecule has 1 aliphatic heterocycles. The van der Waals surface area contributed by atoms with Crippen LogP contribution in [0.5, 0.6) is 0 Å². The van der Waals surface area contributed by atoms with Gasteiger partial charge in [0.05, 0.1) is 12.1 Å². The first kappa shape index (κ1) is 21.8. The highest BCUT2D eigenvalue weighted by Crippen LogP contribution is 2.28. The third-order valence-electron chi connectivity index (χ3n) is 4.36. The second-order valence-corrected chi connectivity index (χ2v) is 9.57. The van der Waals surface area contributed by atoms with E-state index in [2.05, 4.69) is 4.98 Å². The lowest BCUT2D eigenvalue weighted by Crippen LogP contribution is -2.58. The van der Waals surface area contributed by atoms with E-state index in [-0.39, 0.29) is 30.0 Å². The van der Waals surface area contributed by atoms with Crippen LogP contribution in [-0.4, -0.2) is 71.4 Å². The van der Waals surface area contributed by atoms with Crippen LogP contribution >= 0.6 is 0 Å². The fourth-order valence-electron chi connectivity index (χ4n) is 3.12. The molecule has 30 heavy (non-hydrogen) atoms. The number of pyridine rings is 1. The van der Waals surface area contributed by atoms with Crippen LogP contribution in [0.3, 0.4) is 0 Å². The number of hydrogen-bond donors (Lipinski definition) is 1. The van der Waals surface area contributed by atoms with Gasteiger partial charge in [0.25, 0.3) is 0 Å². The zero-order chi connectivity index (χ0) is 22.1. The molecule has 1 aromatic carbocycles. The number of benzene rings is 1. The van der Waals surface area contributed by atoms with Crippen LogP contribution < -0.4 is 0 Å². The minimum Gasteiger partial charge on any atom is -0.450 e. The van der Waals surface area contributed by atoms with Gasteiger partial charge < -0.3 is 19.5 Å². The topological polar surface area (TPSA) is 126 Å². The molecule has 0 radical (unpaired) electrons. The molecule has 162 valence electrons. The highest BCUT2D eigenvalue weighted by Gasteiger charge is 2.41. The van der Waals surface area contributed by atoms with E-state index in [4.69, 9.17) is 14.6 Å². The Bertz CT molecular complexity index is 1060. The Morgan fingerprint density at radius 2 is 1.87 bits per heavy atom. The van der Waals surface area contributed by atoms with Crippen molar-refractivity contribution in [3.05, 3.63) is 36.5 Å². The van der Waals surface area contributed by atoms with E-state index in [9.17, 15) is 18.0 Å². The van der Waals surface area contributed by atoms with Crippen molar-refractivity contribution in [3.8, 4) is 0 Å². The Hall–Kier alpha value is -2.92. The summed E-state index contributed by atoms with van der Waals surface area (Å²) in [7, 11) is -4.16. The SMILES string of the molecule is CC(C)(C)OC(=O)N1CCN(S(=O)(=O)c2cccc3cccnc23)[C@H](OC(=O)O)C1. The van der Waals surface area contributed by atoms with Gasteiger partial charge in [-0.1, -0.05) is 18.2 Å². The van der Waals surface area contributed by atoms with E-state index in [0.717, 1.165) is 4.31 Å². The number of nitrogens with zero attached hydrogens (tertiary/aromatic N) is 3. The molecule has 1 N–H and O–H groups in total. The first-order chi connectivity index (χ1) is 14.0. The van der Waals surface area contributed by atoms with Crippen LogP contribution in [0.1, 0.15) is 20.8 Å². The van der Waals surface area contributed by atoms with Crippen LogP contribution in [0.25, 0.3) is 10.9 Å². The first-order valence-electron chi connectivity index (χ1n) is 9.22. The van der Waals surface area contributed by atoms with E-state index in [1.807, 2.05) is 0 Å². The molecule has 0 aliphatic carbocycles. The Kier molecular flexibility index (Phi) is 5.86. The lowest BCUT2D eigenvalue weighted by molar-refractivity contribution is -0.0488. The van der Waals surface area contributed by atoms with Crippen LogP contribution in [0.2, 0.25) is 0 Å². The summed E-state index contributed by atoms with van der Waals surface area (Å²) in [6, 6.07) is 8.14. The molecular weight excluding hydrogens is 414 g/mol. The average molecular weight is 437 g/mol. The maximum absolute atomic E-state index is 13.4. The fourth-order valence-corrected chi connectivity index (χ4v) is 4.78. The van der Waals surface area contributed by atoms with Crippen molar-refractivity contribution in [1.82, 2.24) is 14.2 Å². The summed E-state index contributed by atoms with van der Waals surface area (Å²) < 4.78 is 37.8. The van der Waals surface area contributed by atoms with Gasteiger partial charge in [0, 0.05) is 24.7 Å². The van der Waals surface area contributed by atoms with Crippen molar-refractivity contribution in [1.29, 1.82) is 0 Å². The monoisotopic (exact) mass is 437 g/mol. The van der Waals surface area contributed by atoms with E-state index in [1.165, 1.54) is 17.2 Å². The molecule has 1 fully saturated rings. The third-order valence-corrected chi connectivity index (χ3v) is 6.28. The summed E-state index contributed by atoms with van der Waals surface area (Å²) >= 11 is 0. The number of carbonyl (C=O) groups is 2. The minimum absolute atomic E-state index is 0.0197. The van der Waals surface area contributed by atoms with Gasteiger partial charge in [0.2, 0.25) is 10.0 Å². The molecule has 11 heteroatoms. The largest absolute Gasteiger partial charge is 0.507 e. The standard InChI is InChI=1S/C19H23N3O7S/c1-19(2,3)29-17(23)21-10-11-22(15(12-21)28-18(24)25)30(26,27)14-8-4-6-13-7-5-9-20-16(13)14/h4-9,15H,10-12H2,1-3H3,(H,24,25)/t15-/m1/s1. The average Bonchev–Trinajstić information content (AvgIpc) is 2.65. The molecule has 2 heterocycles. The zero-order valence-electron chi connectivity index (χ0n) is 16.8. The molecule has 1 aromatic heterocycles. The van der Waals surface area contributed by atoms with Gasteiger partial charge >= 0.3 is 12.2 Å². The van der Waals surface area contributed by atoms with Crippen molar-refractivity contribution in [2.75, 3.05) is 19.6 Å². The number of para-hydroxylation sites is 1. The van der Waals surface area contributed by atoms with E-state index >= 15 is 0 Å². The van der Waals surface area contributed by atoms with Gasteiger partial charge in [-0.25, -0.2) is 18.0 Å². The predicted molar refractivity (Wildman–Crippen MR) is 106 cm³/mol. The van der Waals surface area contributed by atoms with E-state index in [1.54, 1.807) is 45.0 Å². The highest BCUT2D eigenvalue weighted by atomic mass is 32.2. The van der Waals surface area contributed by atoms with Crippen molar-refractivity contribution in [2.45, 2.75) is 37.5 Å². The van der Waals surface area contributed by atoms with Gasteiger partial charge in [-0.15, -0.1) is 0 Å². The number of piperazine rings is 1. The highest BCUT2D eigenvalue weighted by molar-refractivity contribution is 7.89. The summed E-state index contributed by atoms with van der Waals surface area (Å²) in [4.78, 5) is 28.9. The van der Waals surface area contributed by atoms with Crippen molar-refractivity contribution in [3.63, 3.8) is 0 Å². The summed E-state index contributed by atoms with van der Waals surface area (Å²) in [5.41, 5.74) is -0.485. The van der Waals surface area contributed by atoms with Gasteiger partial charge in [-0.3, -0.25) is 4.98 Å². The number of fused-ring (bicyclic) bond motifs is 1. The Balaban J connectivity index is 1.93. The number of rotatable bonds is 3. The second kappa shape index (κ2) is 8.07. The molecule has 3 rings (SSSR count). The van der Waals surface area contributed by atoms with E-state index < -0.39 is 34.1 Å². The molecule has 2 aromatic rings. The molecule has 0 spiro atoms. The predicted octanol–water partition coefficient (Wildman–Crippen LogP) is 2.50. The van der Waals surface area contributed by atoms with E-state index in [0.29, 0.717) is 5.39 Å². The zero-order valence-corrected chi connectivity index (χ0v) is 17.6. The molecule has 1 amide bonds. The Morgan fingerprint density at radius 1 is 1.17 bits per heavy atom. The summed E-state index contributed by atoms with van der Waals surface area (Å²) in [6.07, 6.45) is -2.27. The molecule has 0 saturated carbocycles. The molecule has 1 aliphatic rings. The van der Waals surface area contributed by atoms with Crippen molar-refractivity contribution < 1.29 is 32.6 Å². The maximum atomic E-state index is 13.4. The number of carbonyl (C=O) groups excluding carboxylic acids is 1. The van der Waals surface area contributed by atoms with Crippen LogP contribution in [0, 0.1) is 0 Å². The van der Waals surface area contributed by atoms with Crippen molar-refractivity contribution in [2.24, 2.45) is 0 Å². The number of carboxylic acid groups (broad SMARTS) is 1. The number of aromatic nitrogens is 1. The first-order valence-corrected chi connectivity index (χ1v) is 10.7. The molecule has 10 nitrogen and oxygen atoms in total. The molecule has 1 saturated heterocycles. The van der Waals surface area contributed by atoms with Gasteiger partial charge in [0.1, 0.15) is 10.5 Å². The molecule has 0 bridgehead atoms. The summed E-state index contributed by atoms with van der Waals surface area (Å²) in [5.74, 6) is 0. The summed E-state index contributed by atoms with van der Waals surface area (Å²) in [5, 5.41) is 9.74. The number of sulfonamides is 1. The van der Waals surface area contributed by atoms with Crippen LogP contribution in [0.15, 0.2) is 41.4 Å².